The molecule has 0 radical (unpaired) electrons. The van der Waals surface area contributed by atoms with E-state index < -0.39 is 11.6 Å². The van der Waals surface area contributed by atoms with Crippen molar-refractivity contribution in [2.45, 2.75) is 38.0 Å². The normalized spacial score (nSPS) is 21.1. The molecule has 0 aliphatic carbocycles. The first kappa shape index (κ1) is 21.5. The molecule has 0 amide bonds. The Hall–Kier alpha value is -2.21. The van der Waals surface area contributed by atoms with Crippen LogP contribution in [0.1, 0.15) is 31.4 Å². The Labute approximate surface area is 173 Å². The predicted octanol–water partition coefficient (Wildman–Crippen LogP) is 2.88. The smallest absolute Gasteiger partial charge is 0.347 e. The third-order valence-corrected chi connectivity index (χ3v) is 5.97. The lowest BCUT2D eigenvalue weighted by Crippen LogP contribution is -2.55. The first-order chi connectivity index (χ1) is 13.9. The quantitative estimate of drug-likeness (QED) is 0.576. The van der Waals surface area contributed by atoms with E-state index in [0.717, 1.165) is 26.1 Å². The van der Waals surface area contributed by atoms with E-state index in [1.54, 1.807) is 24.3 Å². The molecule has 29 heavy (non-hydrogen) atoms. The van der Waals surface area contributed by atoms with Gasteiger partial charge in [-0.3, -0.25) is 4.90 Å². The molecule has 1 saturated heterocycles. The van der Waals surface area contributed by atoms with Gasteiger partial charge < -0.3 is 14.7 Å². The highest BCUT2D eigenvalue weighted by atomic mass is 16.5. The molecule has 2 aromatic carbocycles. The zero-order valence-electron chi connectivity index (χ0n) is 17.6. The van der Waals surface area contributed by atoms with Crippen molar-refractivity contribution in [2.75, 3.05) is 33.3 Å². The number of esters is 1. The van der Waals surface area contributed by atoms with E-state index in [1.807, 2.05) is 36.4 Å². The van der Waals surface area contributed by atoms with Gasteiger partial charge in [-0.25, -0.2) is 4.79 Å². The highest BCUT2D eigenvalue weighted by molar-refractivity contribution is 5.85. The Balaban J connectivity index is 1.61. The maximum atomic E-state index is 13.0. The van der Waals surface area contributed by atoms with E-state index in [9.17, 15) is 9.90 Å². The number of ether oxygens (including phenoxy) is 1. The number of benzene rings is 2. The van der Waals surface area contributed by atoms with Gasteiger partial charge in [-0.1, -0.05) is 60.7 Å². The van der Waals surface area contributed by atoms with Gasteiger partial charge in [0.15, 0.2) is 0 Å². The lowest BCUT2D eigenvalue weighted by Gasteiger charge is -2.42. The maximum absolute atomic E-state index is 13.0. The highest BCUT2D eigenvalue weighted by Gasteiger charge is 2.41. The number of hydrogen-bond donors (Lipinski definition) is 1. The number of nitrogens with zero attached hydrogens (tertiary/aromatic N) is 2. The van der Waals surface area contributed by atoms with Gasteiger partial charge in [-0.05, 0) is 38.4 Å². The van der Waals surface area contributed by atoms with Crippen LogP contribution in [0.4, 0.5) is 0 Å². The standard InChI is InChI=1S/C24H32N2O3/c1-19-17-26(18-20(2)25(19)3)15-10-16-29-23(27)24(28,21-11-6-4-7-12-21)22-13-8-5-9-14-22/h4-9,11-14,19-20,28H,10,15-18H2,1-3H3. The molecule has 3 rings (SSSR count). The molecule has 0 aromatic heterocycles. The molecule has 2 aromatic rings. The van der Waals surface area contributed by atoms with Crippen molar-refractivity contribution in [3.05, 3.63) is 71.8 Å². The number of carbonyl (C=O) groups excluding carboxylic acids is 1. The molecular weight excluding hydrogens is 364 g/mol. The third-order valence-electron chi connectivity index (χ3n) is 5.97. The van der Waals surface area contributed by atoms with Crippen LogP contribution in [0.2, 0.25) is 0 Å². The van der Waals surface area contributed by atoms with E-state index in [4.69, 9.17) is 4.74 Å². The number of likely N-dealkylation sites (N-methyl/N-ethyl adjacent to an activating group) is 1. The van der Waals surface area contributed by atoms with Crippen molar-refractivity contribution < 1.29 is 14.6 Å². The second kappa shape index (κ2) is 9.53. The zero-order valence-corrected chi connectivity index (χ0v) is 17.6. The highest BCUT2D eigenvalue weighted by Crippen LogP contribution is 2.31. The molecule has 2 atom stereocenters. The molecule has 0 bridgehead atoms. The fraction of sp³-hybridized carbons (Fsp3) is 0.458. The van der Waals surface area contributed by atoms with Gasteiger partial charge in [0.25, 0.3) is 0 Å². The van der Waals surface area contributed by atoms with Gasteiger partial charge in [-0.15, -0.1) is 0 Å². The van der Waals surface area contributed by atoms with Crippen molar-refractivity contribution in [3.8, 4) is 0 Å². The van der Waals surface area contributed by atoms with Crippen LogP contribution >= 0.6 is 0 Å². The Morgan fingerprint density at radius 1 is 1.00 bits per heavy atom. The number of hydrogen-bond acceptors (Lipinski definition) is 5. The summed E-state index contributed by atoms with van der Waals surface area (Å²) in [6, 6.07) is 19.0. The Morgan fingerprint density at radius 2 is 1.48 bits per heavy atom. The summed E-state index contributed by atoms with van der Waals surface area (Å²) in [7, 11) is 2.17. The van der Waals surface area contributed by atoms with Gasteiger partial charge in [-0.2, -0.15) is 0 Å². The number of aliphatic hydroxyl groups is 1. The zero-order chi connectivity index (χ0) is 20.9. The molecule has 0 saturated carbocycles. The molecule has 5 nitrogen and oxygen atoms in total. The molecule has 0 spiro atoms. The molecular formula is C24H32N2O3. The Kier molecular flexibility index (Phi) is 7.06. The summed E-state index contributed by atoms with van der Waals surface area (Å²) in [5, 5.41) is 11.4. The number of rotatable bonds is 7. The van der Waals surface area contributed by atoms with Gasteiger partial charge in [0, 0.05) is 31.7 Å². The summed E-state index contributed by atoms with van der Waals surface area (Å²) in [6.45, 7) is 7.69. The third kappa shape index (κ3) is 4.86. The second-order valence-corrected chi connectivity index (χ2v) is 8.06. The van der Waals surface area contributed by atoms with Crippen molar-refractivity contribution >= 4 is 5.97 Å². The largest absolute Gasteiger partial charge is 0.463 e. The molecule has 5 heteroatoms. The molecule has 1 aliphatic rings. The van der Waals surface area contributed by atoms with Gasteiger partial charge in [0.2, 0.25) is 5.60 Å². The average Bonchev–Trinajstić information content (AvgIpc) is 2.75. The minimum Gasteiger partial charge on any atom is -0.463 e. The Morgan fingerprint density at radius 3 is 1.97 bits per heavy atom. The molecule has 156 valence electrons. The first-order valence-corrected chi connectivity index (χ1v) is 10.4. The SMILES string of the molecule is CC1CN(CCCOC(=O)C(O)(c2ccccc2)c2ccccc2)CC(C)N1C. The van der Waals surface area contributed by atoms with E-state index in [1.165, 1.54) is 0 Å². The van der Waals surface area contributed by atoms with E-state index in [-0.39, 0.29) is 6.61 Å². The minimum absolute atomic E-state index is 0.288. The summed E-state index contributed by atoms with van der Waals surface area (Å²) in [6.07, 6.45) is 0.745. The molecule has 2 unspecified atom stereocenters. The summed E-state index contributed by atoms with van der Waals surface area (Å²) in [5.74, 6) is -0.630. The molecule has 1 N–H and O–H groups in total. The summed E-state index contributed by atoms with van der Waals surface area (Å²) < 4.78 is 5.56. The van der Waals surface area contributed by atoms with Crippen LogP contribution in [0.5, 0.6) is 0 Å². The van der Waals surface area contributed by atoms with Gasteiger partial charge in [0.1, 0.15) is 0 Å². The van der Waals surface area contributed by atoms with Crippen molar-refractivity contribution in [2.24, 2.45) is 0 Å². The monoisotopic (exact) mass is 396 g/mol. The lowest BCUT2D eigenvalue weighted by molar-refractivity contribution is -0.162. The van der Waals surface area contributed by atoms with E-state index in [2.05, 4.69) is 30.7 Å². The van der Waals surface area contributed by atoms with Crippen LogP contribution in [0.25, 0.3) is 0 Å². The fourth-order valence-corrected chi connectivity index (χ4v) is 4.01. The van der Waals surface area contributed by atoms with Crippen LogP contribution in [0.3, 0.4) is 0 Å². The van der Waals surface area contributed by atoms with Gasteiger partial charge >= 0.3 is 5.97 Å². The van der Waals surface area contributed by atoms with Crippen molar-refractivity contribution in [1.82, 2.24) is 9.80 Å². The predicted molar refractivity (Wildman–Crippen MR) is 115 cm³/mol. The minimum atomic E-state index is -1.81. The second-order valence-electron chi connectivity index (χ2n) is 8.06. The first-order valence-electron chi connectivity index (χ1n) is 10.4. The van der Waals surface area contributed by atoms with Crippen molar-refractivity contribution in [3.63, 3.8) is 0 Å². The van der Waals surface area contributed by atoms with Crippen LogP contribution in [-0.2, 0) is 15.1 Å². The van der Waals surface area contributed by atoms with Crippen LogP contribution in [0.15, 0.2) is 60.7 Å². The number of piperazine rings is 1. The average molecular weight is 397 g/mol. The summed E-state index contributed by atoms with van der Waals surface area (Å²) in [4.78, 5) is 17.8. The maximum Gasteiger partial charge on any atom is 0.347 e. The van der Waals surface area contributed by atoms with Crippen LogP contribution in [-0.4, -0.2) is 66.2 Å². The van der Waals surface area contributed by atoms with E-state index >= 15 is 0 Å². The van der Waals surface area contributed by atoms with Crippen LogP contribution < -0.4 is 0 Å². The van der Waals surface area contributed by atoms with E-state index in [0.29, 0.717) is 23.2 Å². The molecule has 1 heterocycles. The number of carbonyl (C=O) groups is 1. The van der Waals surface area contributed by atoms with Crippen molar-refractivity contribution in [1.29, 1.82) is 0 Å². The topological polar surface area (TPSA) is 53.0 Å². The van der Waals surface area contributed by atoms with Crippen LogP contribution in [0, 0.1) is 0 Å². The lowest BCUT2D eigenvalue weighted by atomic mass is 9.86. The molecule has 1 fully saturated rings. The fourth-order valence-electron chi connectivity index (χ4n) is 4.01. The molecule has 1 aliphatic heterocycles. The Bertz CT molecular complexity index is 730. The summed E-state index contributed by atoms with van der Waals surface area (Å²) in [5.41, 5.74) is -0.782. The van der Waals surface area contributed by atoms with Gasteiger partial charge in [0.05, 0.1) is 6.61 Å². The summed E-state index contributed by atoms with van der Waals surface area (Å²) >= 11 is 0.